The van der Waals surface area contributed by atoms with Crippen LogP contribution in [0.25, 0.3) is 0 Å². The molecule has 20 heavy (non-hydrogen) atoms. The maximum atomic E-state index is 12.0. The number of hydrogen-bond donors (Lipinski definition) is 0. The van der Waals surface area contributed by atoms with Crippen LogP contribution in [0, 0.1) is 5.92 Å². The molecule has 0 unspecified atom stereocenters. The van der Waals surface area contributed by atoms with Crippen LogP contribution in [-0.4, -0.2) is 32.5 Å². The summed E-state index contributed by atoms with van der Waals surface area (Å²) in [6.45, 7) is 5.31. The second-order valence-electron chi connectivity index (χ2n) is 4.92. The number of esters is 1. The second-order valence-corrected chi connectivity index (χ2v) is 6.91. The van der Waals surface area contributed by atoms with Crippen LogP contribution >= 0.6 is 0 Å². The Labute approximate surface area is 118 Å². The predicted molar refractivity (Wildman–Crippen MR) is 74.3 cm³/mol. The van der Waals surface area contributed by atoms with Crippen LogP contribution in [0.4, 0.5) is 0 Å². The average molecular weight is 298 g/mol. The molecule has 1 aromatic rings. The van der Waals surface area contributed by atoms with E-state index < -0.39 is 21.6 Å². The van der Waals surface area contributed by atoms with Gasteiger partial charge in [0.15, 0.2) is 21.4 Å². The van der Waals surface area contributed by atoms with Gasteiger partial charge in [-0.15, -0.1) is 0 Å². The molecule has 0 saturated carbocycles. The molecule has 0 heterocycles. The Morgan fingerprint density at radius 3 is 2.15 bits per heavy atom. The molecule has 0 aliphatic carbocycles. The minimum absolute atomic E-state index is 0.00370. The van der Waals surface area contributed by atoms with E-state index in [1.165, 1.54) is 31.2 Å². The zero-order valence-corrected chi connectivity index (χ0v) is 12.6. The van der Waals surface area contributed by atoms with Gasteiger partial charge in [0.1, 0.15) is 0 Å². The van der Waals surface area contributed by atoms with E-state index in [2.05, 4.69) is 0 Å². The molecule has 0 aliphatic rings. The molecule has 0 aliphatic heterocycles. The number of Topliss-reactive ketones (excluding diaryl/α,β-unsaturated/α-hetero) is 1. The molecule has 0 N–H and O–H groups in total. The fourth-order valence-corrected chi connectivity index (χ4v) is 2.55. The fraction of sp³-hybridized carbons (Fsp3) is 0.429. The molecule has 0 bridgehead atoms. The van der Waals surface area contributed by atoms with Crippen LogP contribution in [-0.2, 0) is 19.4 Å². The van der Waals surface area contributed by atoms with Gasteiger partial charge in [-0.05, 0) is 25.0 Å². The summed E-state index contributed by atoms with van der Waals surface area (Å²) >= 11 is 0. The van der Waals surface area contributed by atoms with Crippen molar-refractivity contribution < 1.29 is 22.7 Å². The van der Waals surface area contributed by atoms with Gasteiger partial charge in [0.2, 0.25) is 0 Å². The van der Waals surface area contributed by atoms with Crippen molar-refractivity contribution in [2.45, 2.75) is 25.7 Å². The van der Waals surface area contributed by atoms with E-state index in [0.717, 1.165) is 0 Å². The maximum absolute atomic E-state index is 12.0. The molecule has 0 fully saturated rings. The first-order valence-electron chi connectivity index (χ1n) is 6.22. The van der Waals surface area contributed by atoms with Crippen LogP contribution in [0.2, 0.25) is 0 Å². The lowest BCUT2D eigenvalue weighted by atomic mass is 10.2. The van der Waals surface area contributed by atoms with E-state index in [1.807, 2.05) is 13.8 Å². The number of carbonyl (C=O) groups excluding carboxylic acids is 2. The van der Waals surface area contributed by atoms with Gasteiger partial charge in [0.05, 0.1) is 11.5 Å². The summed E-state index contributed by atoms with van der Waals surface area (Å²) in [6, 6.07) is 5.49. The lowest BCUT2D eigenvalue weighted by Crippen LogP contribution is -2.20. The van der Waals surface area contributed by atoms with Crippen molar-refractivity contribution >= 4 is 21.6 Å². The highest BCUT2D eigenvalue weighted by atomic mass is 32.2. The van der Waals surface area contributed by atoms with Gasteiger partial charge < -0.3 is 4.74 Å². The highest BCUT2D eigenvalue weighted by Gasteiger charge is 2.20. The van der Waals surface area contributed by atoms with Crippen LogP contribution in [0.5, 0.6) is 0 Å². The van der Waals surface area contributed by atoms with Gasteiger partial charge in [-0.3, -0.25) is 9.59 Å². The smallest absolute Gasteiger partial charge is 0.321 e. The first-order chi connectivity index (χ1) is 9.22. The van der Waals surface area contributed by atoms with Crippen LogP contribution in [0.15, 0.2) is 29.2 Å². The SMILES string of the molecule is CC(=O)c1ccc(S(=O)(=O)CC(=O)OCC(C)C)cc1. The van der Waals surface area contributed by atoms with Crippen molar-refractivity contribution in [3.63, 3.8) is 0 Å². The number of ether oxygens (including phenoxy) is 1. The summed E-state index contributed by atoms with van der Waals surface area (Å²) in [6.07, 6.45) is 0. The third-order valence-electron chi connectivity index (χ3n) is 2.51. The Hall–Kier alpha value is -1.69. The number of sulfone groups is 1. The molecule has 0 spiro atoms. The van der Waals surface area contributed by atoms with Crippen molar-refractivity contribution in [1.82, 2.24) is 0 Å². The van der Waals surface area contributed by atoms with Crippen molar-refractivity contribution in [2.24, 2.45) is 5.92 Å². The molecule has 6 heteroatoms. The zero-order chi connectivity index (χ0) is 15.3. The van der Waals surface area contributed by atoms with Gasteiger partial charge in [0.25, 0.3) is 0 Å². The number of ketones is 1. The number of hydrogen-bond acceptors (Lipinski definition) is 5. The molecule has 0 amide bonds. The first kappa shape index (κ1) is 16.4. The minimum Gasteiger partial charge on any atom is -0.465 e. The van der Waals surface area contributed by atoms with Gasteiger partial charge in [0, 0.05) is 5.56 Å². The third-order valence-corrected chi connectivity index (χ3v) is 4.11. The number of benzene rings is 1. The molecule has 0 atom stereocenters. The van der Waals surface area contributed by atoms with Crippen molar-refractivity contribution in [3.05, 3.63) is 29.8 Å². The first-order valence-corrected chi connectivity index (χ1v) is 7.87. The Balaban J connectivity index is 2.78. The molecule has 0 aromatic heterocycles. The third kappa shape index (κ3) is 4.77. The zero-order valence-electron chi connectivity index (χ0n) is 11.8. The largest absolute Gasteiger partial charge is 0.465 e. The molecule has 5 nitrogen and oxygen atoms in total. The standard InChI is InChI=1S/C14H18O5S/c1-10(2)8-19-14(16)9-20(17,18)13-6-4-12(5-7-13)11(3)15/h4-7,10H,8-9H2,1-3H3. The molecule has 1 rings (SSSR count). The molecule has 1 aromatic carbocycles. The van der Waals surface area contributed by atoms with Crippen LogP contribution in [0.1, 0.15) is 31.1 Å². The number of carbonyl (C=O) groups is 2. The van der Waals surface area contributed by atoms with Gasteiger partial charge in [-0.2, -0.15) is 0 Å². The Bertz CT molecular complexity index is 584. The Morgan fingerprint density at radius 1 is 1.15 bits per heavy atom. The summed E-state index contributed by atoms with van der Waals surface area (Å²) in [5.74, 6) is -1.46. The molecule has 0 radical (unpaired) electrons. The van der Waals surface area contributed by atoms with Crippen LogP contribution in [0.3, 0.4) is 0 Å². The fourth-order valence-electron chi connectivity index (χ4n) is 1.44. The molecule has 110 valence electrons. The van der Waals surface area contributed by atoms with E-state index in [1.54, 1.807) is 0 Å². The summed E-state index contributed by atoms with van der Waals surface area (Å²) < 4.78 is 28.8. The molecule has 0 saturated heterocycles. The monoisotopic (exact) mass is 298 g/mol. The summed E-state index contributed by atoms with van der Waals surface area (Å²) in [7, 11) is -3.74. The van der Waals surface area contributed by atoms with E-state index >= 15 is 0 Å². The van der Waals surface area contributed by atoms with E-state index in [4.69, 9.17) is 4.74 Å². The van der Waals surface area contributed by atoms with Gasteiger partial charge in [-0.1, -0.05) is 26.0 Å². The Morgan fingerprint density at radius 2 is 1.70 bits per heavy atom. The summed E-state index contributed by atoms with van der Waals surface area (Å²) in [5, 5.41) is 0. The van der Waals surface area contributed by atoms with Crippen LogP contribution < -0.4 is 0 Å². The summed E-state index contributed by atoms with van der Waals surface area (Å²) in [5.41, 5.74) is 0.423. The average Bonchev–Trinajstić information content (AvgIpc) is 2.36. The lowest BCUT2D eigenvalue weighted by molar-refractivity contribution is -0.141. The minimum atomic E-state index is -3.74. The van der Waals surface area contributed by atoms with Crippen molar-refractivity contribution in [3.8, 4) is 0 Å². The van der Waals surface area contributed by atoms with E-state index in [-0.39, 0.29) is 23.2 Å². The molecular weight excluding hydrogens is 280 g/mol. The predicted octanol–water partition coefficient (Wildman–Crippen LogP) is 1.86. The van der Waals surface area contributed by atoms with Crippen molar-refractivity contribution in [2.75, 3.05) is 12.4 Å². The maximum Gasteiger partial charge on any atom is 0.321 e. The second kappa shape index (κ2) is 6.65. The Kier molecular flexibility index (Phi) is 5.44. The van der Waals surface area contributed by atoms with Gasteiger partial charge >= 0.3 is 5.97 Å². The van der Waals surface area contributed by atoms with E-state index in [9.17, 15) is 18.0 Å². The highest BCUT2D eigenvalue weighted by molar-refractivity contribution is 7.92. The number of rotatable bonds is 6. The summed E-state index contributed by atoms with van der Waals surface area (Å²) in [4.78, 5) is 22.6. The normalized spacial score (nSPS) is 11.4. The topological polar surface area (TPSA) is 77.5 Å². The van der Waals surface area contributed by atoms with Crippen molar-refractivity contribution in [1.29, 1.82) is 0 Å². The quantitative estimate of drug-likeness (QED) is 0.592. The molecular formula is C14H18O5S. The van der Waals surface area contributed by atoms with E-state index in [0.29, 0.717) is 5.56 Å². The highest BCUT2D eigenvalue weighted by Crippen LogP contribution is 2.13. The lowest BCUT2D eigenvalue weighted by Gasteiger charge is -2.08. The van der Waals surface area contributed by atoms with Gasteiger partial charge in [-0.25, -0.2) is 8.42 Å².